The Balaban J connectivity index is 1.70. The van der Waals surface area contributed by atoms with Crippen molar-refractivity contribution in [3.05, 3.63) is 66.0 Å². The molecular formula is C25H31N3O2. The second-order valence-corrected chi connectivity index (χ2v) is 8.82. The number of aromatic nitrogens is 1. The van der Waals surface area contributed by atoms with E-state index in [2.05, 4.69) is 33.8 Å². The van der Waals surface area contributed by atoms with Crippen LogP contribution in [0.3, 0.4) is 0 Å². The van der Waals surface area contributed by atoms with E-state index < -0.39 is 0 Å². The number of benzene rings is 1. The summed E-state index contributed by atoms with van der Waals surface area (Å²) in [7, 11) is 0. The normalized spacial score (nSPS) is 26.6. The smallest absolute Gasteiger partial charge is 0.229 e. The Morgan fingerprint density at radius 1 is 1.07 bits per heavy atom. The van der Waals surface area contributed by atoms with E-state index >= 15 is 0 Å². The summed E-state index contributed by atoms with van der Waals surface area (Å²) in [6, 6.07) is 16.0. The van der Waals surface area contributed by atoms with Crippen LogP contribution in [-0.2, 0) is 16.0 Å². The lowest BCUT2D eigenvalue weighted by atomic mass is 9.83. The molecule has 2 aromatic rings. The molecule has 5 nitrogen and oxygen atoms in total. The van der Waals surface area contributed by atoms with E-state index in [9.17, 15) is 9.59 Å². The minimum Gasteiger partial charge on any atom is -0.335 e. The second-order valence-electron chi connectivity index (χ2n) is 8.82. The van der Waals surface area contributed by atoms with Crippen LogP contribution in [0, 0.1) is 0 Å². The fraction of sp³-hybridized carbons (Fsp3) is 0.480. The number of pyridine rings is 1. The van der Waals surface area contributed by atoms with Crippen LogP contribution >= 0.6 is 0 Å². The van der Waals surface area contributed by atoms with Gasteiger partial charge >= 0.3 is 0 Å². The number of rotatable bonds is 3. The Bertz CT molecular complexity index is 886. The molecule has 0 bridgehead atoms. The SMILES string of the molecule is CC(=O)N1[C@H]2CCCCCN(C(=O)Cc3ccccn3)[C@@]2(C)C[C@H]1c1ccccc1. The highest BCUT2D eigenvalue weighted by atomic mass is 16.2. The maximum atomic E-state index is 13.5. The number of hydrogen-bond donors (Lipinski definition) is 0. The topological polar surface area (TPSA) is 53.5 Å². The first-order valence-corrected chi connectivity index (χ1v) is 11.0. The zero-order chi connectivity index (χ0) is 21.1. The lowest BCUT2D eigenvalue weighted by Crippen LogP contribution is -2.58. The van der Waals surface area contributed by atoms with Crippen molar-refractivity contribution in [1.82, 2.24) is 14.8 Å². The number of amides is 2. The van der Waals surface area contributed by atoms with E-state index in [0.29, 0.717) is 6.42 Å². The summed E-state index contributed by atoms with van der Waals surface area (Å²) in [5, 5.41) is 0. The molecule has 0 unspecified atom stereocenters. The Labute approximate surface area is 179 Å². The average Bonchev–Trinajstić information content (AvgIpc) is 3.03. The van der Waals surface area contributed by atoms with Crippen molar-refractivity contribution < 1.29 is 9.59 Å². The lowest BCUT2D eigenvalue weighted by Gasteiger charge is -2.45. The number of carbonyl (C=O) groups is 2. The van der Waals surface area contributed by atoms with Crippen LogP contribution < -0.4 is 0 Å². The predicted molar refractivity (Wildman–Crippen MR) is 117 cm³/mol. The maximum absolute atomic E-state index is 13.5. The summed E-state index contributed by atoms with van der Waals surface area (Å²) in [6.45, 7) is 4.60. The van der Waals surface area contributed by atoms with E-state index in [-0.39, 0.29) is 29.4 Å². The first kappa shape index (κ1) is 20.6. The fourth-order valence-corrected chi connectivity index (χ4v) is 5.48. The van der Waals surface area contributed by atoms with Gasteiger partial charge in [0.1, 0.15) is 0 Å². The molecule has 5 heteroatoms. The third-order valence-corrected chi connectivity index (χ3v) is 6.88. The van der Waals surface area contributed by atoms with Gasteiger partial charge in [-0.05, 0) is 43.9 Å². The molecular weight excluding hydrogens is 374 g/mol. The first-order chi connectivity index (χ1) is 14.5. The van der Waals surface area contributed by atoms with E-state index in [4.69, 9.17) is 0 Å². The summed E-state index contributed by atoms with van der Waals surface area (Å²) in [4.78, 5) is 34.8. The van der Waals surface area contributed by atoms with Gasteiger partial charge in [0.25, 0.3) is 0 Å². The summed E-state index contributed by atoms with van der Waals surface area (Å²) in [5.41, 5.74) is 1.57. The van der Waals surface area contributed by atoms with Gasteiger partial charge in [-0.1, -0.05) is 49.2 Å². The molecule has 2 fully saturated rings. The van der Waals surface area contributed by atoms with Crippen molar-refractivity contribution in [3.63, 3.8) is 0 Å². The van der Waals surface area contributed by atoms with E-state index in [1.807, 2.05) is 36.4 Å². The minimum absolute atomic E-state index is 0.00181. The zero-order valence-corrected chi connectivity index (χ0v) is 18.0. The number of fused-ring (bicyclic) bond motifs is 1. The van der Waals surface area contributed by atoms with Gasteiger partial charge in [0.15, 0.2) is 0 Å². The van der Waals surface area contributed by atoms with Gasteiger partial charge in [-0.25, -0.2) is 0 Å². The molecule has 2 amide bonds. The number of hydrogen-bond acceptors (Lipinski definition) is 3. The molecule has 4 rings (SSSR count). The van der Waals surface area contributed by atoms with Crippen LogP contribution in [0.1, 0.15) is 63.3 Å². The highest BCUT2D eigenvalue weighted by Crippen LogP contribution is 2.48. The van der Waals surface area contributed by atoms with Crippen molar-refractivity contribution in [1.29, 1.82) is 0 Å². The molecule has 1 aromatic carbocycles. The van der Waals surface area contributed by atoms with Crippen molar-refractivity contribution in [2.24, 2.45) is 0 Å². The third-order valence-electron chi connectivity index (χ3n) is 6.88. The molecule has 2 aliphatic rings. The summed E-state index contributed by atoms with van der Waals surface area (Å²) in [6.07, 6.45) is 6.93. The summed E-state index contributed by atoms with van der Waals surface area (Å²) in [5.74, 6) is 0.204. The quantitative estimate of drug-likeness (QED) is 0.771. The van der Waals surface area contributed by atoms with Crippen LogP contribution in [0.15, 0.2) is 54.7 Å². The van der Waals surface area contributed by atoms with Gasteiger partial charge < -0.3 is 9.80 Å². The molecule has 0 saturated carbocycles. The standard InChI is InChI=1S/C25H31N3O2/c1-19(29)28-22(20-11-5-3-6-12-20)18-25(2)23(28)14-7-4-10-16-27(25)24(30)17-21-13-8-9-15-26-21/h3,5-6,8-9,11-13,15,22-23H,4,7,10,14,16-18H2,1-2H3/t22-,23-,25-/m0/s1. The van der Waals surface area contributed by atoms with Gasteiger partial charge in [0.05, 0.1) is 24.0 Å². The van der Waals surface area contributed by atoms with Gasteiger partial charge in [-0.3, -0.25) is 14.6 Å². The lowest BCUT2D eigenvalue weighted by molar-refractivity contribution is -0.141. The summed E-state index contributed by atoms with van der Waals surface area (Å²) < 4.78 is 0. The zero-order valence-electron chi connectivity index (χ0n) is 18.0. The Hall–Kier alpha value is -2.69. The molecule has 1 aromatic heterocycles. The molecule has 2 saturated heterocycles. The summed E-state index contributed by atoms with van der Waals surface area (Å²) >= 11 is 0. The molecule has 3 atom stereocenters. The van der Waals surface area contributed by atoms with Crippen LogP contribution in [0.2, 0.25) is 0 Å². The largest absolute Gasteiger partial charge is 0.335 e. The van der Waals surface area contributed by atoms with Crippen molar-refractivity contribution >= 4 is 11.8 Å². The van der Waals surface area contributed by atoms with E-state index in [1.165, 1.54) is 0 Å². The second kappa shape index (κ2) is 8.58. The molecule has 30 heavy (non-hydrogen) atoms. The average molecular weight is 406 g/mol. The fourth-order valence-electron chi connectivity index (χ4n) is 5.48. The highest BCUT2D eigenvalue weighted by molar-refractivity contribution is 5.80. The van der Waals surface area contributed by atoms with Crippen molar-refractivity contribution in [3.8, 4) is 0 Å². The molecule has 0 spiro atoms. The van der Waals surface area contributed by atoms with Crippen LogP contribution in [-0.4, -0.2) is 44.7 Å². The van der Waals surface area contributed by atoms with Gasteiger partial charge in [-0.15, -0.1) is 0 Å². The maximum Gasteiger partial charge on any atom is 0.229 e. The van der Waals surface area contributed by atoms with Gasteiger partial charge in [0, 0.05) is 25.4 Å². The van der Waals surface area contributed by atoms with E-state index in [0.717, 1.165) is 49.9 Å². The Morgan fingerprint density at radius 3 is 2.53 bits per heavy atom. The Kier molecular flexibility index (Phi) is 5.89. The highest BCUT2D eigenvalue weighted by Gasteiger charge is 2.54. The van der Waals surface area contributed by atoms with Gasteiger partial charge in [-0.2, -0.15) is 0 Å². The monoisotopic (exact) mass is 405 g/mol. The van der Waals surface area contributed by atoms with Crippen molar-refractivity contribution in [2.45, 2.75) is 70.0 Å². The molecule has 0 radical (unpaired) electrons. The van der Waals surface area contributed by atoms with Crippen LogP contribution in [0.5, 0.6) is 0 Å². The van der Waals surface area contributed by atoms with Gasteiger partial charge in [0.2, 0.25) is 11.8 Å². The molecule has 158 valence electrons. The molecule has 0 N–H and O–H groups in total. The van der Waals surface area contributed by atoms with Crippen LogP contribution in [0.4, 0.5) is 0 Å². The molecule has 0 aliphatic carbocycles. The van der Waals surface area contributed by atoms with Crippen molar-refractivity contribution in [2.75, 3.05) is 6.54 Å². The third kappa shape index (κ3) is 3.85. The Morgan fingerprint density at radius 2 is 1.83 bits per heavy atom. The minimum atomic E-state index is -0.377. The number of likely N-dealkylation sites (tertiary alicyclic amines) is 2. The first-order valence-electron chi connectivity index (χ1n) is 11.0. The molecule has 3 heterocycles. The van der Waals surface area contributed by atoms with Crippen LogP contribution in [0.25, 0.3) is 0 Å². The van der Waals surface area contributed by atoms with E-state index in [1.54, 1.807) is 13.1 Å². The number of nitrogens with zero attached hydrogens (tertiary/aromatic N) is 3. The number of carbonyl (C=O) groups excluding carboxylic acids is 2. The predicted octanol–water partition coefficient (Wildman–Crippen LogP) is 4.15. The molecule has 2 aliphatic heterocycles.